The van der Waals surface area contributed by atoms with E-state index in [-0.39, 0.29) is 21.7 Å². The van der Waals surface area contributed by atoms with Crippen LogP contribution in [0.3, 0.4) is 0 Å². The molecule has 1 aliphatic rings. The van der Waals surface area contributed by atoms with Gasteiger partial charge >= 0.3 is 21.7 Å². The monoisotopic (exact) mass is 218 g/mol. The number of rotatable bonds is 0. The first-order chi connectivity index (χ1) is 5.00. The van der Waals surface area contributed by atoms with E-state index in [0.717, 1.165) is 13.1 Å². The molecule has 1 radical (unpaired) electrons. The Kier molecular flexibility index (Phi) is 10.9. The molecule has 12 heavy (non-hydrogen) atoms. The molecule has 69 valence electrons. The molecule has 0 bridgehead atoms. The molecule has 0 aromatic heterocycles. The first kappa shape index (κ1) is 15.4. The quantitative estimate of drug-likeness (QED) is 0.438. The zero-order chi connectivity index (χ0) is 8.74. The van der Waals surface area contributed by atoms with Gasteiger partial charge in [0.1, 0.15) is 0 Å². The van der Waals surface area contributed by atoms with E-state index >= 15 is 0 Å². The molecule has 0 aliphatic carbocycles. The minimum absolute atomic E-state index is 0. The van der Waals surface area contributed by atoms with Gasteiger partial charge in [0.15, 0.2) is 0 Å². The average Bonchev–Trinajstić information content (AvgIpc) is 1.88. The second-order valence-corrected chi connectivity index (χ2v) is 8.22. The normalized spacial score (nSPS) is 17.0. The van der Waals surface area contributed by atoms with Gasteiger partial charge in [0, 0.05) is 0 Å². The van der Waals surface area contributed by atoms with Crippen LogP contribution in [-0.2, 0) is 21.7 Å². The van der Waals surface area contributed by atoms with Gasteiger partial charge in [0.25, 0.3) is 0 Å². The zero-order valence-corrected chi connectivity index (χ0v) is 11.0. The molecule has 0 spiro atoms. The van der Waals surface area contributed by atoms with Crippen molar-refractivity contribution < 1.29 is 21.7 Å². The molecule has 1 fully saturated rings. The van der Waals surface area contributed by atoms with Crippen molar-refractivity contribution in [3.05, 3.63) is 18.4 Å². The summed E-state index contributed by atoms with van der Waals surface area (Å²) in [6, 6.07) is 0. The zero-order valence-electron chi connectivity index (χ0n) is 8.40. The van der Waals surface area contributed by atoms with Crippen molar-refractivity contribution in [2.45, 2.75) is 32.4 Å². The minimum Gasteiger partial charge on any atom is -0.662 e. The molecule has 0 N–H and O–H groups in total. The SMILES string of the molecule is C1CC[N-]CC1.[CH2-][Si]([CH2-])(C)C.[Ti+3]. The molecule has 1 rings (SSSR count). The Morgan fingerprint density at radius 1 is 1.00 bits per heavy atom. The fraction of sp³-hybridized carbons (Fsp3) is 0.778. The number of hydrogen-bond acceptors (Lipinski definition) is 0. The van der Waals surface area contributed by atoms with E-state index in [2.05, 4.69) is 31.5 Å². The molecule has 1 heterocycles. The van der Waals surface area contributed by atoms with Crippen molar-refractivity contribution in [3.63, 3.8) is 0 Å². The largest absolute Gasteiger partial charge is 3.00 e. The van der Waals surface area contributed by atoms with Gasteiger partial charge in [0.2, 0.25) is 0 Å². The second-order valence-electron chi connectivity index (χ2n) is 3.90. The number of hydrogen-bond donors (Lipinski definition) is 0. The van der Waals surface area contributed by atoms with Crippen LogP contribution in [0.15, 0.2) is 0 Å². The van der Waals surface area contributed by atoms with E-state index < -0.39 is 8.07 Å². The van der Waals surface area contributed by atoms with Crippen molar-refractivity contribution >= 4 is 8.07 Å². The summed E-state index contributed by atoms with van der Waals surface area (Å²) in [6.07, 6.45) is 4.07. The molecule has 3 heteroatoms. The second kappa shape index (κ2) is 8.49. The van der Waals surface area contributed by atoms with Crippen molar-refractivity contribution in [3.8, 4) is 0 Å². The van der Waals surface area contributed by atoms with Gasteiger partial charge in [-0.2, -0.15) is 0 Å². The first-order valence-corrected chi connectivity index (χ1v) is 7.75. The van der Waals surface area contributed by atoms with E-state index in [0.29, 0.717) is 0 Å². The van der Waals surface area contributed by atoms with Gasteiger partial charge in [-0.3, -0.25) is 8.07 Å². The summed E-state index contributed by atoms with van der Waals surface area (Å²) >= 11 is 0. The predicted octanol–water partition coefficient (Wildman–Crippen LogP) is 2.98. The minimum atomic E-state index is -1.11. The van der Waals surface area contributed by atoms with Crippen LogP contribution in [0.4, 0.5) is 0 Å². The standard InChI is InChI=1S/C5H10N.C4H10Si.Ti/c1-2-4-6-5-3-1;1-5(2,3)4;/h1-5H2;1-2H2,3-4H3;/q-1;-2;+3. The summed E-state index contributed by atoms with van der Waals surface area (Å²) in [7, 11) is -1.11. The molecule has 0 aromatic rings. The number of piperidine rings is 1. The summed E-state index contributed by atoms with van der Waals surface area (Å²) in [6.45, 7) is 14.1. The maximum Gasteiger partial charge on any atom is 3.00 e. The van der Waals surface area contributed by atoms with E-state index in [4.69, 9.17) is 0 Å². The Hall–Kier alpha value is 0.891. The fourth-order valence-corrected chi connectivity index (χ4v) is 0.736. The first-order valence-electron chi connectivity index (χ1n) is 4.34. The van der Waals surface area contributed by atoms with Crippen LogP contribution in [0.25, 0.3) is 5.32 Å². The van der Waals surface area contributed by atoms with Crippen LogP contribution in [0.1, 0.15) is 19.3 Å². The maximum atomic E-state index is 4.18. The van der Waals surface area contributed by atoms with Gasteiger partial charge in [0.05, 0.1) is 0 Å². The van der Waals surface area contributed by atoms with Crippen molar-refractivity contribution in [1.29, 1.82) is 0 Å². The summed E-state index contributed by atoms with van der Waals surface area (Å²) in [5.41, 5.74) is 0. The van der Waals surface area contributed by atoms with Gasteiger partial charge in [-0.25, -0.2) is 0 Å². The summed E-state index contributed by atoms with van der Waals surface area (Å²) in [4.78, 5) is 0. The van der Waals surface area contributed by atoms with E-state index in [1.165, 1.54) is 19.3 Å². The predicted molar refractivity (Wildman–Crippen MR) is 55.1 cm³/mol. The Morgan fingerprint density at radius 3 is 1.42 bits per heavy atom. The summed E-state index contributed by atoms with van der Waals surface area (Å²) in [5, 5.41) is 4.18. The average molecular weight is 218 g/mol. The third kappa shape index (κ3) is 22.4. The van der Waals surface area contributed by atoms with Crippen molar-refractivity contribution in [1.82, 2.24) is 0 Å². The van der Waals surface area contributed by atoms with Gasteiger partial charge in [-0.05, 0) is 0 Å². The number of nitrogens with zero attached hydrogens (tertiary/aromatic N) is 1. The molecule has 0 atom stereocenters. The third-order valence-corrected chi connectivity index (χ3v) is 1.13. The fourth-order valence-electron chi connectivity index (χ4n) is 0.736. The Morgan fingerprint density at radius 2 is 1.33 bits per heavy atom. The van der Waals surface area contributed by atoms with Gasteiger partial charge < -0.3 is 18.4 Å². The Bertz CT molecular complexity index is 69.5. The molecule has 1 nitrogen and oxygen atoms in total. The van der Waals surface area contributed by atoms with Crippen LogP contribution in [-0.4, -0.2) is 21.2 Å². The summed E-state index contributed by atoms with van der Waals surface area (Å²) < 4.78 is 0. The molecule has 1 saturated heterocycles. The third-order valence-electron chi connectivity index (χ3n) is 1.13. The molecular formula is C9H20NSiTi. The van der Waals surface area contributed by atoms with Crippen LogP contribution >= 0.6 is 0 Å². The van der Waals surface area contributed by atoms with E-state index in [1.54, 1.807) is 0 Å². The summed E-state index contributed by atoms with van der Waals surface area (Å²) in [5.74, 6) is 0. The molecular weight excluding hydrogens is 198 g/mol. The van der Waals surface area contributed by atoms with Crippen LogP contribution in [0, 0.1) is 13.1 Å². The van der Waals surface area contributed by atoms with Crippen molar-refractivity contribution in [2.75, 3.05) is 13.1 Å². The molecule has 0 aromatic carbocycles. The molecule has 0 unspecified atom stereocenters. The van der Waals surface area contributed by atoms with Gasteiger partial charge in [-0.15, -0.1) is 26.2 Å². The van der Waals surface area contributed by atoms with E-state index in [9.17, 15) is 0 Å². The Balaban J connectivity index is 0. The van der Waals surface area contributed by atoms with Gasteiger partial charge in [-0.1, -0.05) is 19.3 Å². The topological polar surface area (TPSA) is 14.1 Å². The maximum absolute atomic E-state index is 4.18. The molecule has 0 saturated carbocycles. The van der Waals surface area contributed by atoms with Crippen LogP contribution in [0.2, 0.25) is 13.1 Å². The smallest absolute Gasteiger partial charge is 0.662 e. The molecule has 0 amide bonds. The van der Waals surface area contributed by atoms with Crippen LogP contribution in [0.5, 0.6) is 0 Å². The molecule has 1 aliphatic heterocycles. The van der Waals surface area contributed by atoms with Crippen molar-refractivity contribution in [2.24, 2.45) is 0 Å². The van der Waals surface area contributed by atoms with Crippen LogP contribution < -0.4 is 0 Å². The Labute approximate surface area is 93.6 Å². The van der Waals surface area contributed by atoms with E-state index in [1.807, 2.05) is 0 Å².